The fraction of sp³-hybridized carbons (Fsp3) is 0.368. The third kappa shape index (κ3) is 3.10. The third-order valence-corrected chi connectivity index (χ3v) is 4.68. The molecule has 21 heavy (non-hydrogen) atoms. The minimum atomic E-state index is -0.571. The first-order valence-electron chi connectivity index (χ1n) is 7.72. The van der Waals surface area contributed by atoms with E-state index in [-0.39, 0.29) is 5.75 Å². The molecule has 0 spiro atoms. The lowest BCUT2D eigenvalue weighted by atomic mass is 9.79. The fourth-order valence-electron chi connectivity index (χ4n) is 3.23. The molecule has 1 aliphatic carbocycles. The van der Waals surface area contributed by atoms with Gasteiger partial charge in [0.05, 0.1) is 0 Å². The maximum absolute atomic E-state index is 13.4. The maximum Gasteiger partial charge on any atom is 0.165 e. The van der Waals surface area contributed by atoms with Crippen LogP contribution in [0.3, 0.4) is 0 Å². The summed E-state index contributed by atoms with van der Waals surface area (Å²) < 4.78 is 13.4. The van der Waals surface area contributed by atoms with E-state index in [1.54, 1.807) is 6.07 Å². The van der Waals surface area contributed by atoms with Crippen LogP contribution in [0.15, 0.2) is 42.5 Å². The van der Waals surface area contributed by atoms with Gasteiger partial charge in [-0.15, -0.1) is 0 Å². The lowest BCUT2D eigenvalue weighted by Gasteiger charge is -2.26. The molecule has 1 fully saturated rings. The Bertz CT molecular complexity index is 610. The highest BCUT2D eigenvalue weighted by Crippen LogP contribution is 2.36. The van der Waals surface area contributed by atoms with E-state index in [9.17, 15) is 9.50 Å². The molecule has 0 unspecified atom stereocenters. The minimum Gasteiger partial charge on any atom is -0.505 e. The summed E-state index contributed by atoms with van der Waals surface area (Å²) in [5.74, 6) is 0.664. The molecule has 0 amide bonds. The lowest BCUT2D eigenvalue weighted by Crippen LogP contribution is -2.10. The summed E-state index contributed by atoms with van der Waals surface area (Å²) in [4.78, 5) is 0. The van der Waals surface area contributed by atoms with Crippen LogP contribution in [-0.4, -0.2) is 5.11 Å². The van der Waals surface area contributed by atoms with E-state index in [0.717, 1.165) is 17.0 Å². The number of halogens is 1. The van der Waals surface area contributed by atoms with Gasteiger partial charge in [-0.25, -0.2) is 4.39 Å². The molecule has 2 aromatic carbocycles. The number of aromatic hydroxyl groups is 1. The van der Waals surface area contributed by atoms with Crippen LogP contribution in [0.1, 0.15) is 44.1 Å². The van der Waals surface area contributed by atoms with Crippen LogP contribution in [0.5, 0.6) is 5.75 Å². The molecule has 0 atom stereocenters. The Kier molecular flexibility index (Phi) is 3.96. The molecular formula is C19H21FO. The van der Waals surface area contributed by atoms with Gasteiger partial charge in [0, 0.05) is 0 Å². The molecule has 0 saturated heterocycles. The number of hydrogen-bond donors (Lipinski definition) is 1. The van der Waals surface area contributed by atoms with E-state index in [4.69, 9.17) is 0 Å². The third-order valence-electron chi connectivity index (χ3n) is 4.68. The van der Waals surface area contributed by atoms with Crippen molar-refractivity contribution in [2.24, 2.45) is 5.92 Å². The van der Waals surface area contributed by atoms with Crippen molar-refractivity contribution in [3.05, 3.63) is 53.8 Å². The van der Waals surface area contributed by atoms with Crippen LogP contribution >= 0.6 is 0 Å². The van der Waals surface area contributed by atoms with E-state index in [1.807, 2.05) is 0 Å². The zero-order chi connectivity index (χ0) is 14.8. The second kappa shape index (κ2) is 5.88. The summed E-state index contributed by atoms with van der Waals surface area (Å²) in [6.07, 6.45) is 5.17. The predicted molar refractivity (Wildman–Crippen MR) is 83.9 cm³/mol. The van der Waals surface area contributed by atoms with Crippen molar-refractivity contribution in [3.63, 3.8) is 0 Å². The van der Waals surface area contributed by atoms with E-state index in [2.05, 4.69) is 31.2 Å². The summed E-state index contributed by atoms with van der Waals surface area (Å²) in [5.41, 5.74) is 3.18. The van der Waals surface area contributed by atoms with Crippen molar-refractivity contribution < 1.29 is 9.50 Å². The van der Waals surface area contributed by atoms with Crippen LogP contribution in [0.2, 0.25) is 0 Å². The zero-order valence-corrected chi connectivity index (χ0v) is 12.3. The molecule has 0 aromatic heterocycles. The van der Waals surface area contributed by atoms with Crippen LogP contribution in [0.25, 0.3) is 11.1 Å². The largest absolute Gasteiger partial charge is 0.505 e. The quantitative estimate of drug-likeness (QED) is 0.773. The smallest absolute Gasteiger partial charge is 0.165 e. The first-order chi connectivity index (χ1) is 10.1. The number of rotatable bonds is 2. The van der Waals surface area contributed by atoms with Gasteiger partial charge in [0.1, 0.15) is 0 Å². The predicted octanol–water partition coefficient (Wildman–Crippen LogP) is 5.49. The van der Waals surface area contributed by atoms with Gasteiger partial charge in [0.25, 0.3) is 0 Å². The molecule has 1 nitrogen and oxygen atoms in total. The highest BCUT2D eigenvalue weighted by Gasteiger charge is 2.19. The summed E-state index contributed by atoms with van der Waals surface area (Å²) in [6.45, 7) is 2.33. The minimum absolute atomic E-state index is 0.299. The van der Waals surface area contributed by atoms with E-state index < -0.39 is 5.82 Å². The van der Waals surface area contributed by atoms with Crippen molar-refractivity contribution in [2.75, 3.05) is 0 Å². The zero-order valence-electron chi connectivity index (χ0n) is 12.3. The van der Waals surface area contributed by atoms with Gasteiger partial charge in [-0.1, -0.05) is 50.1 Å². The number of phenols is 1. The van der Waals surface area contributed by atoms with Crippen LogP contribution < -0.4 is 0 Å². The van der Waals surface area contributed by atoms with Crippen LogP contribution in [0, 0.1) is 11.7 Å². The molecule has 3 rings (SSSR count). The molecule has 1 saturated carbocycles. The number of hydrogen-bond acceptors (Lipinski definition) is 1. The molecule has 2 heteroatoms. The van der Waals surface area contributed by atoms with Crippen LogP contribution in [0.4, 0.5) is 4.39 Å². The van der Waals surface area contributed by atoms with Gasteiger partial charge in [-0.05, 0) is 53.5 Å². The number of phenolic OH excluding ortho intramolecular Hbond substituents is 1. The van der Waals surface area contributed by atoms with Gasteiger partial charge in [-0.3, -0.25) is 0 Å². The van der Waals surface area contributed by atoms with E-state index >= 15 is 0 Å². The molecular weight excluding hydrogens is 263 g/mol. The second-order valence-electron chi connectivity index (χ2n) is 6.24. The van der Waals surface area contributed by atoms with Gasteiger partial charge in [0.2, 0.25) is 0 Å². The van der Waals surface area contributed by atoms with Crippen molar-refractivity contribution in [1.82, 2.24) is 0 Å². The summed E-state index contributed by atoms with van der Waals surface area (Å²) in [7, 11) is 0. The van der Waals surface area contributed by atoms with Gasteiger partial charge in [0.15, 0.2) is 11.6 Å². The van der Waals surface area contributed by atoms with Crippen molar-refractivity contribution in [1.29, 1.82) is 0 Å². The van der Waals surface area contributed by atoms with Crippen molar-refractivity contribution in [3.8, 4) is 16.9 Å². The van der Waals surface area contributed by atoms with Gasteiger partial charge in [-0.2, -0.15) is 0 Å². The first kappa shape index (κ1) is 14.1. The summed E-state index contributed by atoms with van der Waals surface area (Å²) in [5, 5.41) is 9.25. The fourth-order valence-corrected chi connectivity index (χ4v) is 3.23. The Morgan fingerprint density at radius 3 is 2.14 bits per heavy atom. The van der Waals surface area contributed by atoms with Gasteiger partial charge >= 0.3 is 0 Å². The maximum atomic E-state index is 13.4. The monoisotopic (exact) mass is 284 g/mol. The van der Waals surface area contributed by atoms with Crippen molar-refractivity contribution >= 4 is 0 Å². The highest BCUT2D eigenvalue weighted by atomic mass is 19.1. The molecule has 0 radical (unpaired) electrons. The molecule has 2 aromatic rings. The average molecular weight is 284 g/mol. The first-order valence-corrected chi connectivity index (χ1v) is 7.72. The van der Waals surface area contributed by atoms with Crippen LogP contribution in [-0.2, 0) is 0 Å². The summed E-state index contributed by atoms with van der Waals surface area (Å²) in [6, 6.07) is 13.0. The van der Waals surface area contributed by atoms with Crippen molar-refractivity contribution in [2.45, 2.75) is 38.5 Å². The van der Waals surface area contributed by atoms with E-state index in [0.29, 0.717) is 5.92 Å². The van der Waals surface area contributed by atoms with Gasteiger partial charge < -0.3 is 5.11 Å². The topological polar surface area (TPSA) is 20.2 Å². The Hall–Kier alpha value is -1.83. The SMILES string of the molecule is CC1CCC(c2ccc(-c3ccc(O)c(F)c3)cc2)CC1. The number of benzene rings is 2. The molecule has 0 bridgehead atoms. The van der Waals surface area contributed by atoms with E-state index in [1.165, 1.54) is 43.4 Å². The lowest BCUT2D eigenvalue weighted by molar-refractivity contribution is 0.348. The molecule has 0 heterocycles. The second-order valence-corrected chi connectivity index (χ2v) is 6.24. The Morgan fingerprint density at radius 1 is 0.905 bits per heavy atom. The average Bonchev–Trinajstić information content (AvgIpc) is 2.51. The Balaban J connectivity index is 1.79. The molecule has 110 valence electrons. The highest BCUT2D eigenvalue weighted by molar-refractivity contribution is 5.64. The molecule has 0 aliphatic heterocycles. The Morgan fingerprint density at radius 2 is 1.52 bits per heavy atom. The molecule has 1 aliphatic rings. The normalized spacial score (nSPS) is 22.2. The summed E-state index contributed by atoms with van der Waals surface area (Å²) >= 11 is 0. The molecule has 1 N–H and O–H groups in total. The standard InChI is InChI=1S/C19H21FO/c1-13-2-4-14(5-3-13)15-6-8-16(9-7-15)17-10-11-19(21)18(20)12-17/h6-14,21H,2-5H2,1H3. The Labute approximate surface area is 125 Å².